The van der Waals surface area contributed by atoms with Gasteiger partial charge in [0.2, 0.25) is 0 Å². The minimum Gasteiger partial charge on any atom is -0.389 e. The summed E-state index contributed by atoms with van der Waals surface area (Å²) in [5, 5.41) is 14.3. The minimum atomic E-state index is -0.595. The third-order valence-corrected chi connectivity index (χ3v) is 4.84. The summed E-state index contributed by atoms with van der Waals surface area (Å²) in [6.07, 6.45) is 4.10. The molecule has 2 aliphatic rings. The summed E-state index contributed by atoms with van der Waals surface area (Å²) in [6.45, 7) is 6.50. The lowest BCUT2D eigenvalue weighted by Gasteiger charge is -2.47. The van der Waals surface area contributed by atoms with E-state index in [1.54, 1.807) is 7.11 Å². The van der Waals surface area contributed by atoms with Crippen molar-refractivity contribution in [3.8, 4) is 0 Å². The highest BCUT2D eigenvalue weighted by molar-refractivity contribution is 4.97. The fraction of sp³-hybridized carbons (Fsp3) is 1.00. The molecule has 0 aromatic heterocycles. The maximum absolute atomic E-state index is 10.8. The van der Waals surface area contributed by atoms with Crippen LogP contribution in [0, 0.1) is 5.41 Å². The largest absolute Gasteiger partial charge is 0.389 e. The van der Waals surface area contributed by atoms with E-state index in [2.05, 4.69) is 19.2 Å². The number of hydrogen-bond acceptors (Lipinski definition) is 4. The molecular weight excluding hydrogens is 230 g/mol. The molecular formula is C14H27NO3. The standard InChI is InChI=1S/C14H27NO3/c1-13(2,14(16)4-6-18-7-5-14)10-15-11-8-12(9-11)17-3/h11-12,15-16H,4-10H2,1-3H3. The van der Waals surface area contributed by atoms with Gasteiger partial charge < -0.3 is 19.9 Å². The van der Waals surface area contributed by atoms with Gasteiger partial charge in [-0.15, -0.1) is 0 Å². The van der Waals surface area contributed by atoms with Crippen LogP contribution in [-0.2, 0) is 9.47 Å². The molecule has 0 amide bonds. The van der Waals surface area contributed by atoms with E-state index in [0.717, 1.165) is 32.2 Å². The van der Waals surface area contributed by atoms with E-state index in [-0.39, 0.29) is 5.41 Å². The van der Waals surface area contributed by atoms with Gasteiger partial charge in [-0.1, -0.05) is 13.8 Å². The molecule has 1 saturated heterocycles. The van der Waals surface area contributed by atoms with Crippen molar-refractivity contribution in [3.05, 3.63) is 0 Å². The van der Waals surface area contributed by atoms with E-state index < -0.39 is 5.60 Å². The molecule has 1 aliphatic carbocycles. The Kier molecular flexibility index (Phi) is 4.32. The third kappa shape index (κ3) is 2.87. The Labute approximate surface area is 110 Å². The zero-order valence-corrected chi connectivity index (χ0v) is 11.9. The SMILES string of the molecule is COC1CC(NCC(C)(C)C2(O)CCOCC2)C1. The summed E-state index contributed by atoms with van der Waals surface area (Å²) in [5.74, 6) is 0. The fourth-order valence-electron chi connectivity index (χ4n) is 2.87. The van der Waals surface area contributed by atoms with E-state index in [0.29, 0.717) is 25.4 Å². The zero-order chi connectivity index (χ0) is 13.2. The topological polar surface area (TPSA) is 50.7 Å². The monoisotopic (exact) mass is 257 g/mol. The zero-order valence-electron chi connectivity index (χ0n) is 11.9. The Morgan fingerprint density at radius 2 is 1.94 bits per heavy atom. The van der Waals surface area contributed by atoms with Crippen LogP contribution >= 0.6 is 0 Å². The van der Waals surface area contributed by atoms with Crippen molar-refractivity contribution in [2.45, 2.75) is 57.3 Å². The van der Waals surface area contributed by atoms with Gasteiger partial charge in [0.15, 0.2) is 0 Å². The fourth-order valence-corrected chi connectivity index (χ4v) is 2.87. The average molecular weight is 257 g/mol. The smallest absolute Gasteiger partial charge is 0.0754 e. The maximum Gasteiger partial charge on any atom is 0.0754 e. The molecule has 1 saturated carbocycles. The first-order valence-corrected chi connectivity index (χ1v) is 7.03. The first-order chi connectivity index (χ1) is 8.47. The molecule has 0 radical (unpaired) electrons. The number of methoxy groups -OCH3 is 1. The lowest BCUT2D eigenvalue weighted by molar-refractivity contribution is -0.132. The van der Waals surface area contributed by atoms with Crippen molar-refractivity contribution in [2.24, 2.45) is 5.41 Å². The highest BCUT2D eigenvalue weighted by atomic mass is 16.5. The Bertz CT molecular complexity index is 268. The van der Waals surface area contributed by atoms with Crippen LogP contribution < -0.4 is 5.32 Å². The molecule has 0 unspecified atom stereocenters. The van der Waals surface area contributed by atoms with Gasteiger partial charge in [0.25, 0.3) is 0 Å². The van der Waals surface area contributed by atoms with Crippen molar-refractivity contribution >= 4 is 0 Å². The van der Waals surface area contributed by atoms with Crippen LogP contribution in [0.1, 0.15) is 39.5 Å². The van der Waals surface area contributed by atoms with Gasteiger partial charge in [0.05, 0.1) is 11.7 Å². The van der Waals surface area contributed by atoms with Gasteiger partial charge in [-0.25, -0.2) is 0 Å². The number of aliphatic hydroxyl groups is 1. The van der Waals surface area contributed by atoms with Crippen LogP contribution in [0.3, 0.4) is 0 Å². The van der Waals surface area contributed by atoms with E-state index in [9.17, 15) is 5.11 Å². The Balaban J connectivity index is 1.79. The quantitative estimate of drug-likeness (QED) is 0.780. The van der Waals surface area contributed by atoms with Crippen molar-refractivity contribution in [2.75, 3.05) is 26.9 Å². The molecule has 106 valence electrons. The molecule has 2 rings (SSSR count). The minimum absolute atomic E-state index is 0.116. The molecule has 0 spiro atoms. The second-order valence-electron chi connectivity index (χ2n) is 6.43. The summed E-state index contributed by atoms with van der Waals surface area (Å²) in [6, 6.07) is 0.553. The average Bonchev–Trinajstić information content (AvgIpc) is 2.28. The molecule has 1 aliphatic heterocycles. The van der Waals surface area contributed by atoms with Crippen molar-refractivity contribution in [1.82, 2.24) is 5.32 Å². The van der Waals surface area contributed by atoms with E-state index in [1.165, 1.54) is 0 Å². The molecule has 0 aromatic carbocycles. The van der Waals surface area contributed by atoms with Crippen molar-refractivity contribution < 1.29 is 14.6 Å². The molecule has 0 aromatic rings. The molecule has 18 heavy (non-hydrogen) atoms. The molecule has 0 bridgehead atoms. The summed E-state index contributed by atoms with van der Waals surface area (Å²) in [4.78, 5) is 0. The number of hydrogen-bond donors (Lipinski definition) is 2. The second-order valence-corrected chi connectivity index (χ2v) is 6.43. The highest BCUT2D eigenvalue weighted by Crippen LogP contribution is 2.38. The lowest BCUT2D eigenvalue weighted by Crippen LogP contribution is -2.56. The summed E-state index contributed by atoms with van der Waals surface area (Å²) in [5.41, 5.74) is -0.711. The first kappa shape index (κ1) is 14.3. The molecule has 1 heterocycles. The Hall–Kier alpha value is -0.160. The maximum atomic E-state index is 10.8. The lowest BCUT2D eigenvalue weighted by atomic mass is 9.70. The van der Waals surface area contributed by atoms with E-state index >= 15 is 0 Å². The van der Waals surface area contributed by atoms with Gasteiger partial charge in [-0.3, -0.25) is 0 Å². The van der Waals surface area contributed by atoms with E-state index in [4.69, 9.17) is 9.47 Å². The van der Waals surface area contributed by atoms with Crippen LogP contribution in [0.25, 0.3) is 0 Å². The van der Waals surface area contributed by atoms with Gasteiger partial charge in [-0.2, -0.15) is 0 Å². The highest BCUT2D eigenvalue weighted by Gasteiger charge is 2.44. The number of nitrogens with one attached hydrogen (secondary N) is 1. The molecule has 0 atom stereocenters. The molecule has 2 fully saturated rings. The van der Waals surface area contributed by atoms with Crippen LogP contribution in [0.4, 0.5) is 0 Å². The number of rotatable bonds is 5. The van der Waals surface area contributed by atoms with Crippen molar-refractivity contribution in [3.63, 3.8) is 0 Å². The molecule has 2 N–H and O–H groups in total. The van der Waals surface area contributed by atoms with Gasteiger partial charge >= 0.3 is 0 Å². The number of ether oxygens (including phenoxy) is 2. The van der Waals surface area contributed by atoms with Gasteiger partial charge in [0, 0.05) is 51.2 Å². The van der Waals surface area contributed by atoms with Crippen LogP contribution in [0.15, 0.2) is 0 Å². The predicted octanol–water partition coefficient (Wildman–Crippen LogP) is 1.32. The van der Waals surface area contributed by atoms with Gasteiger partial charge in [0.1, 0.15) is 0 Å². The molecule has 4 heteroatoms. The molecule has 4 nitrogen and oxygen atoms in total. The van der Waals surface area contributed by atoms with Crippen LogP contribution in [0.5, 0.6) is 0 Å². The summed E-state index contributed by atoms with van der Waals surface area (Å²) < 4.78 is 10.6. The summed E-state index contributed by atoms with van der Waals surface area (Å²) in [7, 11) is 1.77. The summed E-state index contributed by atoms with van der Waals surface area (Å²) >= 11 is 0. The van der Waals surface area contributed by atoms with Gasteiger partial charge in [-0.05, 0) is 12.8 Å². The van der Waals surface area contributed by atoms with E-state index in [1.807, 2.05) is 0 Å². The van der Waals surface area contributed by atoms with Crippen molar-refractivity contribution in [1.29, 1.82) is 0 Å². The Morgan fingerprint density at radius 1 is 1.33 bits per heavy atom. The van der Waals surface area contributed by atoms with Crippen LogP contribution in [0.2, 0.25) is 0 Å². The Morgan fingerprint density at radius 3 is 2.50 bits per heavy atom. The van der Waals surface area contributed by atoms with Crippen LogP contribution in [-0.4, -0.2) is 49.7 Å². The third-order valence-electron chi connectivity index (χ3n) is 4.84. The normalized spacial score (nSPS) is 32.0. The second kappa shape index (κ2) is 5.45. The predicted molar refractivity (Wildman–Crippen MR) is 70.6 cm³/mol. The first-order valence-electron chi connectivity index (χ1n) is 7.03.